The zero-order chi connectivity index (χ0) is 22.0. The molecule has 1 heterocycles. The summed E-state index contributed by atoms with van der Waals surface area (Å²) in [6.45, 7) is 6.10. The van der Waals surface area contributed by atoms with E-state index in [4.69, 9.17) is 0 Å². The number of aryl methyl sites for hydroxylation is 3. The Labute approximate surface area is 180 Å². The lowest BCUT2D eigenvalue weighted by Gasteiger charge is -2.09. The number of carbonyl (C=O) groups is 1. The van der Waals surface area contributed by atoms with Gasteiger partial charge in [-0.3, -0.25) is 4.79 Å². The summed E-state index contributed by atoms with van der Waals surface area (Å²) in [6.07, 6.45) is 1.67. The zero-order valence-electron chi connectivity index (χ0n) is 17.6. The van der Waals surface area contributed by atoms with E-state index >= 15 is 0 Å². The van der Waals surface area contributed by atoms with Gasteiger partial charge in [0, 0.05) is 16.5 Å². The van der Waals surface area contributed by atoms with E-state index in [1.165, 1.54) is 17.7 Å². The minimum atomic E-state index is -0.333. The van der Waals surface area contributed by atoms with Gasteiger partial charge in [0.1, 0.15) is 5.82 Å². The molecule has 0 unspecified atom stereocenters. The normalized spacial score (nSPS) is 11.2. The van der Waals surface area contributed by atoms with Gasteiger partial charge in [-0.1, -0.05) is 35.9 Å². The average Bonchev–Trinajstić information content (AvgIpc) is 2.75. The number of rotatable bonds is 4. The van der Waals surface area contributed by atoms with E-state index in [2.05, 4.69) is 34.6 Å². The van der Waals surface area contributed by atoms with Gasteiger partial charge in [0.05, 0.1) is 23.0 Å². The first kappa shape index (κ1) is 20.4. The van der Waals surface area contributed by atoms with Crippen LogP contribution in [0.15, 0.2) is 71.8 Å². The van der Waals surface area contributed by atoms with Crippen molar-refractivity contribution in [1.29, 1.82) is 0 Å². The predicted octanol–water partition coefficient (Wildman–Crippen LogP) is 5.73. The Morgan fingerprint density at radius 2 is 1.65 bits per heavy atom. The molecule has 0 saturated carbocycles. The van der Waals surface area contributed by atoms with Crippen LogP contribution >= 0.6 is 0 Å². The molecule has 4 rings (SSSR count). The maximum absolute atomic E-state index is 13.3. The largest absolute Gasteiger partial charge is 0.272 e. The van der Waals surface area contributed by atoms with Gasteiger partial charge >= 0.3 is 0 Å². The minimum absolute atomic E-state index is 0.321. The van der Waals surface area contributed by atoms with Crippen molar-refractivity contribution in [3.63, 3.8) is 0 Å². The van der Waals surface area contributed by atoms with Crippen LogP contribution in [0.3, 0.4) is 0 Å². The number of hydrogen-bond acceptors (Lipinski definition) is 3. The number of halogens is 1. The molecule has 5 heteroatoms. The number of nitrogens with zero attached hydrogens (tertiary/aromatic N) is 2. The molecule has 0 aliphatic rings. The Balaban J connectivity index is 1.68. The molecular weight excluding hydrogens is 389 g/mol. The van der Waals surface area contributed by atoms with Gasteiger partial charge in [-0.25, -0.2) is 14.8 Å². The molecule has 0 spiro atoms. The van der Waals surface area contributed by atoms with Gasteiger partial charge in [-0.15, -0.1) is 0 Å². The van der Waals surface area contributed by atoms with Crippen LogP contribution in [0.2, 0.25) is 0 Å². The summed E-state index contributed by atoms with van der Waals surface area (Å²) in [6, 6.07) is 19.4. The second-order valence-electron chi connectivity index (χ2n) is 7.59. The third kappa shape index (κ3) is 4.36. The number of aromatic nitrogens is 1. The third-order valence-electron chi connectivity index (χ3n) is 5.20. The molecule has 1 aromatic heterocycles. The van der Waals surface area contributed by atoms with E-state index < -0.39 is 0 Å². The topological polar surface area (TPSA) is 54.4 Å². The number of nitrogens with one attached hydrogen (secondary N) is 1. The Kier molecular flexibility index (Phi) is 5.58. The summed E-state index contributed by atoms with van der Waals surface area (Å²) in [5.41, 5.74) is 9.48. The molecule has 0 aliphatic heterocycles. The van der Waals surface area contributed by atoms with E-state index in [0.717, 1.165) is 27.6 Å². The third-order valence-corrected chi connectivity index (χ3v) is 5.20. The monoisotopic (exact) mass is 411 g/mol. The van der Waals surface area contributed by atoms with Crippen molar-refractivity contribution in [2.45, 2.75) is 20.8 Å². The first-order chi connectivity index (χ1) is 14.9. The lowest BCUT2D eigenvalue weighted by atomic mass is 10.0. The molecule has 0 bridgehead atoms. The van der Waals surface area contributed by atoms with Crippen molar-refractivity contribution in [2.75, 3.05) is 0 Å². The maximum atomic E-state index is 13.3. The fourth-order valence-corrected chi connectivity index (χ4v) is 3.74. The summed E-state index contributed by atoms with van der Waals surface area (Å²) >= 11 is 0. The Morgan fingerprint density at radius 3 is 2.35 bits per heavy atom. The number of hydrogen-bond donors (Lipinski definition) is 1. The molecule has 4 aromatic rings. The van der Waals surface area contributed by atoms with Crippen LogP contribution in [0.25, 0.3) is 22.2 Å². The van der Waals surface area contributed by atoms with Crippen molar-refractivity contribution in [3.8, 4) is 11.3 Å². The van der Waals surface area contributed by atoms with Crippen molar-refractivity contribution >= 4 is 23.0 Å². The number of hydrazone groups is 1. The van der Waals surface area contributed by atoms with Crippen molar-refractivity contribution in [1.82, 2.24) is 10.4 Å². The molecule has 31 heavy (non-hydrogen) atoms. The Hall–Kier alpha value is -3.86. The van der Waals surface area contributed by atoms with Crippen LogP contribution < -0.4 is 5.43 Å². The number of pyridine rings is 1. The van der Waals surface area contributed by atoms with Gasteiger partial charge < -0.3 is 0 Å². The van der Waals surface area contributed by atoms with Crippen molar-refractivity contribution in [3.05, 3.63) is 100 Å². The SMILES string of the molecule is Cc1cc(C)c(/C=N\NC(=O)c2cc(-c3ccc(F)cc3)nc3ccccc23)c(C)c1. The highest BCUT2D eigenvalue weighted by Gasteiger charge is 2.14. The van der Waals surface area contributed by atoms with Gasteiger partial charge in [-0.2, -0.15) is 5.10 Å². The summed E-state index contributed by atoms with van der Waals surface area (Å²) in [5.74, 6) is -0.654. The van der Waals surface area contributed by atoms with E-state index in [9.17, 15) is 9.18 Å². The minimum Gasteiger partial charge on any atom is -0.267 e. The Morgan fingerprint density at radius 1 is 0.968 bits per heavy atom. The maximum Gasteiger partial charge on any atom is 0.272 e. The number of fused-ring (bicyclic) bond motifs is 1. The molecule has 4 nitrogen and oxygen atoms in total. The number of carbonyl (C=O) groups excluding carboxylic acids is 1. The lowest BCUT2D eigenvalue weighted by Crippen LogP contribution is -2.18. The number of amides is 1. The summed E-state index contributed by atoms with van der Waals surface area (Å²) < 4.78 is 13.3. The van der Waals surface area contributed by atoms with Crippen LogP contribution in [0.1, 0.15) is 32.6 Å². The van der Waals surface area contributed by atoms with Crippen LogP contribution in [0.4, 0.5) is 4.39 Å². The lowest BCUT2D eigenvalue weighted by molar-refractivity contribution is 0.0956. The molecule has 3 aromatic carbocycles. The Bertz CT molecular complexity index is 1290. The smallest absolute Gasteiger partial charge is 0.267 e. The molecule has 0 atom stereocenters. The summed E-state index contributed by atoms with van der Waals surface area (Å²) in [7, 11) is 0. The van der Waals surface area contributed by atoms with Gasteiger partial charge in [0.15, 0.2) is 0 Å². The fourth-order valence-electron chi connectivity index (χ4n) is 3.74. The second kappa shape index (κ2) is 8.48. The fraction of sp³-hybridized carbons (Fsp3) is 0.115. The average molecular weight is 411 g/mol. The van der Waals surface area contributed by atoms with Crippen molar-refractivity contribution < 1.29 is 9.18 Å². The highest BCUT2D eigenvalue weighted by molar-refractivity contribution is 6.07. The molecule has 0 radical (unpaired) electrons. The molecule has 0 saturated heterocycles. The first-order valence-electron chi connectivity index (χ1n) is 9.99. The van der Waals surface area contributed by atoms with E-state index in [0.29, 0.717) is 16.8 Å². The van der Waals surface area contributed by atoms with Gasteiger partial charge in [0.2, 0.25) is 0 Å². The molecule has 1 amide bonds. The second-order valence-corrected chi connectivity index (χ2v) is 7.59. The number of benzene rings is 3. The zero-order valence-corrected chi connectivity index (χ0v) is 17.6. The predicted molar refractivity (Wildman–Crippen MR) is 123 cm³/mol. The molecule has 154 valence electrons. The number of para-hydroxylation sites is 1. The van der Waals surface area contributed by atoms with Crippen molar-refractivity contribution in [2.24, 2.45) is 5.10 Å². The highest BCUT2D eigenvalue weighted by Crippen LogP contribution is 2.25. The first-order valence-corrected chi connectivity index (χ1v) is 9.99. The molecular formula is C26H22FN3O. The standard InChI is InChI=1S/C26H22FN3O/c1-16-12-17(2)23(18(3)13-16)15-28-30-26(31)22-14-25(19-8-10-20(27)11-9-19)29-24-7-5-4-6-21(22)24/h4-15H,1-3H3,(H,30,31)/b28-15-. The van der Waals surface area contributed by atoms with E-state index in [1.807, 2.05) is 38.1 Å². The highest BCUT2D eigenvalue weighted by atomic mass is 19.1. The van der Waals surface area contributed by atoms with Crippen LogP contribution in [-0.4, -0.2) is 17.1 Å². The van der Waals surface area contributed by atoms with E-state index in [-0.39, 0.29) is 11.7 Å². The summed E-state index contributed by atoms with van der Waals surface area (Å²) in [4.78, 5) is 17.6. The van der Waals surface area contributed by atoms with Crippen LogP contribution in [-0.2, 0) is 0 Å². The molecule has 1 N–H and O–H groups in total. The van der Waals surface area contributed by atoms with Gasteiger partial charge in [0.25, 0.3) is 5.91 Å². The van der Waals surface area contributed by atoms with Gasteiger partial charge in [-0.05, 0) is 68.3 Å². The van der Waals surface area contributed by atoms with E-state index in [1.54, 1.807) is 24.4 Å². The van der Waals surface area contributed by atoms with Crippen LogP contribution in [0.5, 0.6) is 0 Å². The summed E-state index contributed by atoms with van der Waals surface area (Å²) in [5, 5.41) is 4.92. The quantitative estimate of drug-likeness (QED) is 0.344. The molecule has 0 aliphatic carbocycles. The van der Waals surface area contributed by atoms with Crippen LogP contribution in [0, 0.1) is 26.6 Å². The molecule has 0 fully saturated rings.